The highest BCUT2D eigenvalue weighted by Gasteiger charge is 2.27. The van der Waals surface area contributed by atoms with Crippen LogP contribution in [-0.4, -0.2) is 27.2 Å². The maximum atomic E-state index is 12.5. The van der Waals surface area contributed by atoms with E-state index in [9.17, 15) is 4.79 Å². The Morgan fingerprint density at radius 3 is 2.59 bits per heavy atom. The Hall–Kier alpha value is -2.17. The van der Waals surface area contributed by atoms with Crippen molar-refractivity contribution in [2.45, 2.75) is 59.8 Å². The van der Waals surface area contributed by atoms with Gasteiger partial charge in [0.05, 0.1) is 5.69 Å². The zero-order chi connectivity index (χ0) is 19.4. The quantitative estimate of drug-likeness (QED) is 0.838. The van der Waals surface area contributed by atoms with E-state index in [0.29, 0.717) is 6.54 Å². The topological polar surface area (TPSA) is 59.8 Å². The third-order valence-electron chi connectivity index (χ3n) is 6.07. The van der Waals surface area contributed by atoms with Crippen LogP contribution in [0, 0.1) is 31.6 Å². The molecule has 1 aliphatic rings. The zero-order valence-corrected chi connectivity index (χ0v) is 17.0. The van der Waals surface area contributed by atoms with Crippen molar-refractivity contribution in [1.82, 2.24) is 20.1 Å². The minimum Gasteiger partial charge on any atom is -0.356 e. The lowest BCUT2D eigenvalue weighted by atomic mass is 9.77. The number of rotatable bonds is 6. The maximum Gasteiger partial charge on any atom is 0.223 e. The van der Waals surface area contributed by atoms with E-state index >= 15 is 0 Å². The van der Waals surface area contributed by atoms with E-state index < -0.39 is 0 Å². The average Bonchev–Trinajstić information content (AvgIpc) is 2.97. The monoisotopic (exact) mass is 368 g/mol. The molecule has 0 bridgehead atoms. The first kappa shape index (κ1) is 19.6. The molecule has 5 heteroatoms. The number of hydrogen-bond acceptors (Lipinski definition) is 3. The van der Waals surface area contributed by atoms with Gasteiger partial charge in [0.25, 0.3) is 0 Å². The van der Waals surface area contributed by atoms with Gasteiger partial charge in [-0.1, -0.05) is 19.9 Å². The number of nitrogens with one attached hydrogen (secondary N) is 1. The predicted octanol–water partition coefficient (Wildman–Crippen LogP) is 4.01. The van der Waals surface area contributed by atoms with Gasteiger partial charge in [-0.15, -0.1) is 0 Å². The molecule has 0 radical (unpaired) electrons. The van der Waals surface area contributed by atoms with Crippen LogP contribution in [-0.2, 0) is 11.2 Å². The summed E-state index contributed by atoms with van der Waals surface area (Å²) >= 11 is 0. The lowest BCUT2D eigenvalue weighted by molar-refractivity contribution is -0.126. The Balaban J connectivity index is 1.54. The predicted molar refractivity (Wildman–Crippen MR) is 108 cm³/mol. The third kappa shape index (κ3) is 4.57. The lowest BCUT2D eigenvalue weighted by Gasteiger charge is -2.30. The van der Waals surface area contributed by atoms with Crippen molar-refractivity contribution in [3.8, 4) is 5.82 Å². The van der Waals surface area contributed by atoms with E-state index in [1.807, 2.05) is 29.8 Å². The molecule has 27 heavy (non-hydrogen) atoms. The van der Waals surface area contributed by atoms with Gasteiger partial charge in [0, 0.05) is 24.4 Å². The molecule has 0 aliphatic heterocycles. The Labute approximate surface area is 162 Å². The molecule has 0 aromatic carbocycles. The summed E-state index contributed by atoms with van der Waals surface area (Å²) in [6.45, 7) is 9.34. The van der Waals surface area contributed by atoms with Gasteiger partial charge < -0.3 is 5.32 Å². The van der Waals surface area contributed by atoms with E-state index in [4.69, 9.17) is 0 Å². The number of nitrogens with zero attached hydrogens (tertiary/aromatic N) is 3. The Kier molecular flexibility index (Phi) is 6.30. The van der Waals surface area contributed by atoms with Gasteiger partial charge in [0.2, 0.25) is 5.91 Å². The highest BCUT2D eigenvalue weighted by atomic mass is 16.1. The van der Waals surface area contributed by atoms with E-state index in [2.05, 4.69) is 36.2 Å². The van der Waals surface area contributed by atoms with Gasteiger partial charge in [0.1, 0.15) is 0 Å². The number of pyridine rings is 1. The number of aryl methyl sites for hydroxylation is 1. The highest BCUT2D eigenvalue weighted by molar-refractivity contribution is 5.78. The molecule has 0 saturated heterocycles. The summed E-state index contributed by atoms with van der Waals surface area (Å²) in [5.74, 6) is 2.77. The molecule has 2 heterocycles. The molecule has 146 valence electrons. The highest BCUT2D eigenvalue weighted by Crippen LogP contribution is 2.33. The second-order valence-corrected chi connectivity index (χ2v) is 8.15. The minimum atomic E-state index is 0.193. The van der Waals surface area contributed by atoms with Crippen LogP contribution >= 0.6 is 0 Å². The van der Waals surface area contributed by atoms with E-state index in [-0.39, 0.29) is 11.8 Å². The van der Waals surface area contributed by atoms with Gasteiger partial charge >= 0.3 is 0 Å². The van der Waals surface area contributed by atoms with Gasteiger partial charge in [-0.05, 0) is 75.5 Å². The normalized spacial score (nSPS) is 20.0. The first-order valence-corrected chi connectivity index (χ1v) is 10.2. The molecular formula is C22H32N4O. The summed E-state index contributed by atoms with van der Waals surface area (Å²) in [6.07, 6.45) is 7.02. The Morgan fingerprint density at radius 2 is 1.96 bits per heavy atom. The molecular weight excluding hydrogens is 336 g/mol. The number of amides is 1. The molecule has 5 nitrogen and oxygen atoms in total. The Bertz CT molecular complexity index is 758. The lowest BCUT2D eigenvalue weighted by Crippen LogP contribution is -2.35. The van der Waals surface area contributed by atoms with E-state index in [0.717, 1.165) is 48.3 Å². The summed E-state index contributed by atoms with van der Waals surface area (Å²) < 4.78 is 1.89. The van der Waals surface area contributed by atoms with Gasteiger partial charge in [-0.25, -0.2) is 9.67 Å². The first-order chi connectivity index (χ1) is 13.0. The number of carbonyl (C=O) groups excluding carboxylic acids is 1. The van der Waals surface area contributed by atoms with Crippen molar-refractivity contribution < 1.29 is 4.79 Å². The summed E-state index contributed by atoms with van der Waals surface area (Å²) in [4.78, 5) is 16.9. The van der Waals surface area contributed by atoms with Crippen LogP contribution in [0.2, 0.25) is 0 Å². The minimum absolute atomic E-state index is 0.193. The second-order valence-electron chi connectivity index (χ2n) is 8.15. The largest absolute Gasteiger partial charge is 0.356 e. The molecule has 1 amide bonds. The Morgan fingerprint density at radius 1 is 1.22 bits per heavy atom. The van der Waals surface area contributed by atoms with E-state index in [1.165, 1.54) is 18.4 Å². The van der Waals surface area contributed by atoms with E-state index in [1.54, 1.807) is 6.20 Å². The van der Waals surface area contributed by atoms with Crippen molar-refractivity contribution in [1.29, 1.82) is 0 Å². The molecule has 2 aromatic rings. The summed E-state index contributed by atoms with van der Waals surface area (Å²) in [6, 6.07) is 5.82. The van der Waals surface area contributed by atoms with Crippen LogP contribution in [0.4, 0.5) is 0 Å². The fraction of sp³-hybridized carbons (Fsp3) is 0.591. The van der Waals surface area contributed by atoms with Gasteiger partial charge in [0.15, 0.2) is 5.82 Å². The van der Waals surface area contributed by atoms with Crippen molar-refractivity contribution in [2.24, 2.45) is 17.8 Å². The molecule has 1 N–H and O–H groups in total. The molecule has 1 fully saturated rings. The van der Waals surface area contributed by atoms with Crippen LogP contribution in [0.5, 0.6) is 0 Å². The number of carbonyl (C=O) groups is 1. The molecule has 0 spiro atoms. The first-order valence-electron chi connectivity index (χ1n) is 10.2. The van der Waals surface area contributed by atoms with Crippen LogP contribution in [0.25, 0.3) is 5.82 Å². The SMILES string of the molecule is Cc1nn(-c2ccccn2)c(C)c1CCNC(=O)C1CCC(C(C)C)CC1. The smallest absolute Gasteiger partial charge is 0.223 e. The fourth-order valence-corrected chi connectivity index (χ4v) is 4.24. The van der Waals surface area contributed by atoms with Crippen molar-refractivity contribution in [3.63, 3.8) is 0 Å². The zero-order valence-electron chi connectivity index (χ0n) is 17.0. The molecule has 1 aliphatic carbocycles. The molecule has 1 saturated carbocycles. The van der Waals surface area contributed by atoms with Gasteiger partial charge in [-0.2, -0.15) is 5.10 Å². The van der Waals surface area contributed by atoms with Gasteiger partial charge in [-0.3, -0.25) is 4.79 Å². The fourth-order valence-electron chi connectivity index (χ4n) is 4.24. The van der Waals surface area contributed by atoms with Crippen LogP contribution < -0.4 is 5.32 Å². The van der Waals surface area contributed by atoms with Crippen molar-refractivity contribution >= 4 is 5.91 Å². The maximum absolute atomic E-state index is 12.5. The summed E-state index contributed by atoms with van der Waals surface area (Å²) in [5, 5.41) is 7.79. The van der Waals surface area contributed by atoms with Crippen LogP contribution in [0.3, 0.4) is 0 Å². The molecule has 2 aromatic heterocycles. The summed E-state index contributed by atoms with van der Waals surface area (Å²) in [7, 11) is 0. The molecule has 0 atom stereocenters. The second kappa shape index (κ2) is 8.68. The number of hydrogen-bond donors (Lipinski definition) is 1. The third-order valence-corrected chi connectivity index (χ3v) is 6.07. The molecule has 0 unspecified atom stereocenters. The molecule has 3 rings (SSSR count). The average molecular weight is 369 g/mol. The number of aromatic nitrogens is 3. The van der Waals surface area contributed by atoms with Crippen LogP contribution in [0.1, 0.15) is 56.5 Å². The van der Waals surface area contributed by atoms with Crippen LogP contribution in [0.15, 0.2) is 24.4 Å². The van der Waals surface area contributed by atoms with Crippen molar-refractivity contribution in [2.75, 3.05) is 6.54 Å². The summed E-state index contributed by atoms with van der Waals surface area (Å²) in [5.41, 5.74) is 3.30. The standard InChI is InChI=1S/C22H32N4O/c1-15(2)18-8-10-19(11-9-18)22(27)24-14-12-20-16(3)25-26(17(20)4)21-7-5-6-13-23-21/h5-7,13,15,18-19H,8-12,14H2,1-4H3,(H,24,27). The van der Waals surface area contributed by atoms with Crippen molar-refractivity contribution in [3.05, 3.63) is 41.3 Å².